The summed E-state index contributed by atoms with van der Waals surface area (Å²) in [5, 5.41) is 5.61. The lowest BCUT2D eigenvalue weighted by Crippen LogP contribution is -2.17. The van der Waals surface area contributed by atoms with Gasteiger partial charge in [-0.25, -0.2) is 8.78 Å². The van der Waals surface area contributed by atoms with Gasteiger partial charge in [-0.05, 0) is 43.2 Å². The van der Waals surface area contributed by atoms with Crippen molar-refractivity contribution in [3.05, 3.63) is 59.2 Å². The minimum Gasteiger partial charge on any atom is -0.384 e. The van der Waals surface area contributed by atoms with Gasteiger partial charge in [0.2, 0.25) is 5.91 Å². The van der Waals surface area contributed by atoms with E-state index in [0.29, 0.717) is 6.54 Å². The third kappa shape index (κ3) is 4.04. The van der Waals surface area contributed by atoms with Gasteiger partial charge in [0.15, 0.2) is 0 Å². The predicted molar refractivity (Wildman–Crippen MR) is 84.0 cm³/mol. The molecule has 3 nitrogen and oxygen atoms in total. The fourth-order valence-corrected chi connectivity index (χ4v) is 2.06. The van der Waals surface area contributed by atoms with Crippen LogP contribution in [0.4, 0.5) is 20.2 Å². The lowest BCUT2D eigenvalue weighted by atomic mass is 10.1. The number of benzene rings is 2. The van der Waals surface area contributed by atoms with Gasteiger partial charge < -0.3 is 10.6 Å². The van der Waals surface area contributed by atoms with Crippen LogP contribution in [0.2, 0.25) is 0 Å². The molecule has 2 aromatic rings. The highest BCUT2D eigenvalue weighted by Crippen LogP contribution is 2.18. The van der Waals surface area contributed by atoms with Crippen molar-refractivity contribution in [1.29, 1.82) is 0 Å². The van der Waals surface area contributed by atoms with E-state index in [-0.39, 0.29) is 18.0 Å². The van der Waals surface area contributed by atoms with E-state index in [1.54, 1.807) is 0 Å². The zero-order valence-electron chi connectivity index (χ0n) is 12.5. The molecule has 0 aliphatic carbocycles. The van der Waals surface area contributed by atoms with Crippen molar-refractivity contribution in [3.8, 4) is 0 Å². The van der Waals surface area contributed by atoms with Crippen LogP contribution in [0.3, 0.4) is 0 Å². The predicted octanol–water partition coefficient (Wildman–Crippen LogP) is 4.02. The maximum Gasteiger partial charge on any atom is 0.226 e. The molecule has 116 valence electrons. The van der Waals surface area contributed by atoms with E-state index in [9.17, 15) is 13.6 Å². The van der Waals surface area contributed by atoms with Gasteiger partial charge >= 0.3 is 0 Å². The Balaban J connectivity index is 1.87. The number of aryl methyl sites for hydroxylation is 1. The first kappa shape index (κ1) is 15.9. The Morgan fingerprint density at radius 1 is 1.09 bits per heavy atom. The molecule has 5 heteroatoms. The highest BCUT2D eigenvalue weighted by molar-refractivity contribution is 5.91. The van der Waals surface area contributed by atoms with Crippen molar-refractivity contribution >= 4 is 17.3 Å². The summed E-state index contributed by atoms with van der Waals surface area (Å²) in [5.74, 6) is -1.79. The minimum atomic E-state index is -0.782. The van der Waals surface area contributed by atoms with Crippen LogP contribution in [0.5, 0.6) is 0 Å². The molecule has 22 heavy (non-hydrogen) atoms. The summed E-state index contributed by atoms with van der Waals surface area (Å²) in [6.45, 7) is 4.45. The summed E-state index contributed by atoms with van der Waals surface area (Å²) in [4.78, 5) is 11.8. The van der Waals surface area contributed by atoms with Gasteiger partial charge in [0.25, 0.3) is 0 Å². The summed E-state index contributed by atoms with van der Waals surface area (Å²) in [6, 6.07) is 8.96. The Morgan fingerprint density at radius 3 is 2.59 bits per heavy atom. The van der Waals surface area contributed by atoms with Crippen LogP contribution < -0.4 is 10.6 Å². The second-order valence-electron chi connectivity index (χ2n) is 5.10. The Hall–Kier alpha value is -2.43. The molecule has 0 spiro atoms. The molecule has 0 saturated carbocycles. The lowest BCUT2D eigenvalue weighted by Gasteiger charge is -2.11. The Bertz CT molecular complexity index is 686. The van der Waals surface area contributed by atoms with Crippen molar-refractivity contribution in [2.24, 2.45) is 0 Å². The number of rotatable bonds is 5. The largest absolute Gasteiger partial charge is 0.384 e. The second-order valence-corrected chi connectivity index (χ2v) is 5.10. The van der Waals surface area contributed by atoms with Crippen LogP contribution in [0.15, 0.2) is 36.4 Å². The number of nitrogens with one attached hydrogen (secondary N) is 2. The molecule has 0 aliphatic heterocycles. The molecule has 0 heterocycles. The summed E-state index contributed by atoms with van der Waals surface area (Å²) in [5.41, 5.74) is 3.26. The maximum absolute atomic E-state index is 13.4. The van der Waals surface area contributed by atoms with Gasteiger partial charge in [-0.15, -0.1) is 0 Å². The Kier molecular flexibility index (Phi) is 5.09. The molecule has 0 bridgehead atoms. The van der Waals surface area contributed by atoms with Crippen LogP contribution in [0, 0.1) is 25.5 Å². The zero-order chi connectivity index (χ0) is 16.1. The first-order chi connectivity index (χ1) is 10.5. The summed E-state index contributed by atoms with van der Waals surface area (Å²) in [7, 11) is 0. The van der Waals surface area contributed by atoms with E-state index in [1.165, 1.54) is 11.6 Å². The number of carbonyl (C=O) groups is 1. The molecule has 0 unspecified atom stereocenters. The molecule has 0 saturated heterocycles. The van der Waals surface area contributed by atoms with Gasteiger partial charge in [0, 0.05) is 24.7 Å². The van der Waals surface area contributed by atoms with Gasteiger partial charge in [0.1, 0.15) is 11.6 Å². The quantitative estimate of drug-likeness (QED) is 0.876. The molecule has 1 amide bonds. The average molecular weight is 304 g/mol. The standard InChI is InChI=1S/C17H18F2N2O/c1-11-4-3-5-15(12(11)2)20-9-8-17(22)21-16-7-6-13(18)10-14(16)19/h3-7,10,20H,8-9H2,1-2H3,(H,21,22). The first-order valence-corrected chi connectivity index (χ1v) is 7.02. The van der Waals surface area contributed by atoms with Crippen LogP contribution >= 0.6 is 0 Å². The molecule has 0 aromatic heterocycles. The lowest BCUT2D eigenvalue weighted by molar-refractivity contribution is -0.116. The molecule has 2 rings (SSSR count). The monoisotopic (exact) mass is 304 g/mol. The highest BCUT2D eigenvalue weighted by atomic mass is 19.1. The van der Waals surface area contributed by atoms with E-state index in [0.717, 1.165) is 23.4 Å². The number of hydrogen-bond donors (Lipinski definition) is 2. The average Bonchev–Trinajstić information content (AvgIpc) is 2.46. The van der Waals surface area contributed by atoms with Crippen molar-refractivity contribution < 1.29 is 13.6 Å². The summed E-state index contributed by atoms with van der Waals surface area (Å²) in [6.07, 6.45) is 0.185. The van der Waals surface area contributed by atoms with E-state index in [2.05, 4.69) is 10.6 Å². The smallest absolute Gasteiger partial charge is 0.226 e. The number of anilines is 2. The number of hydrogen-bond acceptors (Lipinski definition) is 2. The summed E-state index contributed by atoms with van der Waals surface area (Å²) < 4.78 is 26.2. The normalized spacial score (nSPS) is 10.4. The van der Waals surface area contributed by atoms with Crippen molar-refractivity contribution in [2.75, 3.05) is 17.2 Å². The molecule has 0 radical (unpaired) electrons. The minimum absolute atomic E-state index is 0.0156. The van der Waals surface area contributed by atoms with Crippen molar-refractivity contribution in [3.63, 3.8) is 0 Å². The van der Waals surface area contributed by atoms with E-state index < -0.39 is 11.6 Å². The Labute approximate surface area is 128 Å². The van der Waals surface area contributed by atoms with E-state index in [1.807, 2.05) is 32.0 Å². The molecular formula is C17H18F2N2O. The molecule has 2 N–H and O–H groups in total. The molecule has 2 aromatic carbocycles. The second kappa shape index (κ2) is 7.02. The zero-order valence-corrected chi connectivity index (χ0v) is 12.5. The third-order valence-electron chi connectivity index (χ3n) is 3.48. The number of halogens is 2. The molecule has 0 atom stereocenters. The van der Waals surface area contributed by atoms with Gasteiger partial charge in [-0.1, -0.05) is 12.1 Å². The van der Waals surface area contributed by atoms with Crippen molar-refractivity contribution in [2.45, 2.75) is 20.3 Å². The third-order valence-corrected chi connectivity index (χ3v) is 3.48. The van der Waals surface area contributed by atoms with Gasteiger partial charge in [-0.2, -0.15) is 0 Å². The van der Waals surface area contributed by atoms with E-state index >= 15 is 0 Å². The SMILES string of the molecule is Cc1cccc(NCCC(=O)Nc2ccc(F)cc2F)c1C. The molecular weight excluding hydrogens is 286 g/mol. The van der Waals surface area contributed by atoms with Gasteiger partial charge in [0.05, 0.1) is 5.69 Å². The van der Waals surface area contributed by atoms with Crippen molar-refractivity contribution in [1.82, 2.24) is 0 Å². The topological polar surface area (TPSA) is 41.1 Å². The number of carbonyl (C=O) groups excluding carboxylic acids is 1. The molecule has 0 aliphatic rings. The maximum atomic E-state index is 13.4. The van der Waals surface area contributed by atoms with Crippen LogP contribution in [-0.4, -0.2) is 12.5 Å². The molecule has 0 fully saturated rings. The van der Waals surface area contributed by atoms with Crippen LogP contribution in [0.25, 0.3) is 0 Å². The van der Waals surface area contributed by atoms with Gasteiger partial charge in [-0.3, -0.25) is 4.79 Å². The number of amides is 1. The fraction of sp³-hybridized carbons (Fsp3) is 0.235. The fourth-order valence-electron chi connectivity index (χ4n) is 2.06. The van der Waals surface area contributed by atoms with Crippen LogP contribution in [-0.2, 0) is 4.79 Å². The Morgan fingerprint density at radius 2 is 1.86 bits per heavy atom. The van der Waals surface area contributed by atoms with Crippen LogP contribution in [0.1, 0.15) is 17.5 Å². The summed E-state index contributed by atoms with van der Waals surface area (Å²) >= 11 is 0. The van der Waals surface area contributed by atoms with E-state index in [4.69, 9.17) is 0 Å². The highest BCUT2D eigenvalue weighted by Gasteiger charge is 2.08. The first-order valence-electron chi connectivity index (χ1n) is 7.02.